The van der Waals surface area contributed by atoms with Crippen LogP contribution in [0.15, 0.2) is 18.2 Å². The van der Waals surface area contributed by atoms with Crippen molar-refractivity contribution in [1.82, 2.24) is 10.2 Å². The van der Waals surface area contributed by atoms with E-state index in [1.807, 2.05) is 18.2 Å². The van der Waals surface area contributed by atoms with Crippen LogP contribution >= 0.6 is 0 Å². The van der Waals surface area contributed by atoms with Crippen molar-refractivity contribution in [2.75, 3.05) is 0 Å². The molecule has 0 atom stereocenters. The number of aromatic amines is 1. The normalized spacial score (nSPS) is 11.1. The summed E-state index contributed by atoms with van der Waals surface area (Å²) < 4.78 is 0. The quantitative estimate of drug-likeness (QED) is 0.777. The fourth-order valence-electron chi connectivity index (χ4n) is 1.72. The molecule has 1 aromatic carbocycles. The van der Waals surface area contributed by atoms with E-state index in [1.165, 1.54) is 0 Å². The summed E-state index contributed by atoms with van der Waals surface area (Å²) in [4.78, 5) is 10.6. The monoisotopic (exact) mass is 202 g/mol. The Bertz CT molecular complexity index is 485. The van der Waals surface area contributed by atoms with Gasteiger partial charge in [-0.1, -0.05) is 26.0 Å². The number of carbonyl (C=O) groups is 1. The average Bonchev–Trinajstić information content (AvgIpc) is 2.60. The Morgan fingerprint density at radius 1 is 1.47 bits per heavy atom. The summed E-state index contributed by atoms with van der Waals surface area (Å²) in [6, 6.07) is 5.59. The minimum Gasteiger partial charge on any atom is -0.298 e. The van der Waals surface area contributed by atoms with Gasteiger partial charge < -0.3 is 0 Å². The molecule has 0 amide bonds. The number of fused-ring (bicyclic) bond motifs is 1. The second-order valence-corrected chi connectivity index (χ2v) is 4.19. The predicted octanol–water partition coefficient (Wildman–Crippen LogP) is 2.57. The number of H-pyrrole nitrogens is 1. The zero-order chi connectivity index (χ0) is 10.8. The molecular formula is C12H14N2O. The Morgan fingerprint density at radius 2 is 2.27 bits per heavy atom. The molecule has 0 spiro atoms. The van der Waals surface area contributed by atoms with Gasteiger partial charge in [0.1, 0.15) is 6.29 Å². The Hall–Kier alpha value is -1.64. The Morgan fingerprint density at radius 3 is 2.93 bits per heavy atom. The van der Waals surface area contributed by atoms with Crippen molar-refractivity contribution in [1.29, 1.82) is 0 Å². The zero-order valence-electron chi connectivity index (χ0n) is 8.95. The average molecular weight is 202 g/mol. The molecule has 78 valence electrons. The second-order valence-electron chi connectivity index (χ2n) is 4.19. The minimum absolute atomic E-state index is 0.597. The summed E-state index contributed by atoms with van der Waals surface area (Å²) in [5.41, 5.74) is 2.69. The molecule has 2 aromatic rings. The maximum absolute atomic E-state index is 10.6. The van der Waals surface area contributed by atoms with Gasteiger partial charge >= 0.3 is 0 Å². The fourth-order valence-corrected chi connectivity index (χ4v) is 1.72. The molecule has 0 fully saturated rings. The third-order valence-electron chi connectivity index (χ3n) is 2.41. The van der Waals surface area contributed by atoms with Crippen LogP contribution in [-0.2, 0) is 6.42 Å². The lowest BCUT2D eigenvalue weighted by molar-refractivity contribution is 0.112. The number of hydrogen-bond donors (Lipinski definition) is 1. The lowest BCUT2D eigenvalue weighted by Gasteiger charge is -2.01. The van der Waals surface area contributed by atoms with E-state index in [2.05, 4.69) is 24.0 Å². The zero-order valence-corrected chi connectivity index (χ0v) is 8.95. The van der Waals surface area contributed by atoms with Crippen LogP contribution in [0.1, 0.15) is 29.9 Å². The van der Waals surface area contributed by atoms with Crippen LogP contribution in [0.3, 0.4) is 0 Å². The van der Waals surface area contributed by atoms with Gasteiger partial charge in [0.15, 0.2) is 0 Å². The van der Waals surface area contributed by atoms with Gasteiger partial charge in [0.05, 0.1) is 5.52 Å². The second kappa shape index (κ2) is 3.85. The number of benzene rings is 1. The molecule has 0 aliphatic rings. The van der Waals surface area contributed by atoms with Crippen molar-refractivity contribution in [2.45, 2.75) is 20.3 Å². The maximum atomic E-state index is 10.6. The first-order chi connectivity index (χ1) is 7.20. The number of hydrogen-bond acceptors (Lipinski definition) is 2. The Labute approximate surface area is 88.5 Å². The van der Waals surface area contributed by atoms with Gasteiger partial charge in [-0.05, 0) is 18.4 Å². The molecule has 0 aliphatic heterocycles. The summed E-state index contributed by atoms with van der Waals surface area (Å²) in [5.74, 6) is 0.597. The molecule has 3 nitrogen and oxygen atoms in total. The number of aromatic nitrogens is 2. The van der Waals surface area contributed by atoms with Crippen molar-refractivity contribution in [3.8, 4) is 0 Å². The van der Waals surface area contributed by atoms with E-state index >= 15 is 0 Å². The van der Waals surface area contributed by atoms with Crippen LogP contribution in [0.5, 0.6) is 0 Å². The molecule has 1 aromatic heterocycles. The van der Waals surface area contributed by atoms with E-state index in [1.54, 1.807) is 0 Å². The molecular weight excluding hydrogens is 188 g/mol. The number of nitrogens with one attached hydrogen (secondary N) is 1. The van der Waals surface area contributed by atoms with Crippen molar-refractivity contribution in [3.63, 3.8) is 0 Å². The van der Waals surface area contributed by atoms with Crippen molar-refractivity contribution < 1.29 is 4.79 Å². The maximum Gasteiger partial charge on any atom is 0.150 e. The van der Waals surface area contributed by atoms with Crippen molar-refractivity contribution in [3.05, 3.63) is 29.5 Å². The van der Waals surface area contributed by atoms with Crippen LogP contribution in [0, 0.1) is 5.92 Å². The van der Waals surface area contributed by atoms with Gasteiger partial charge in [-0.15, -0.1) is 0 Å². The van der Waals surface area contributed by atoms with Crippen LogP contribution in [-0.4, -0.2) is 16.5 Å². The number of carbonyl (C=O) groups excluding carboxylic acids is 1. The molecule has 0 bridgehead atoms. The smallest absolute Gasteiger partial charge is 0.150 e. The highest BCUT2D eigenvalue weighted by atomic mass is 16.1. The topological polar surface area (TPSA) is 45.8 Å². The first-order valence-electron chi connectivity index (χ1n) is 5.13. The molecule has 1 N–H and O–H groups in total. The van der Waals surface area contributed by atoms with Crippen LogP contribution in [0.2, 0.25) is 0 Å². The Balaban J connectivity index is 2.47. The fraction of sp³-hybridized carbons (Fsp3) is 0.333. The van der Waals surface area contributed by atoms with E-state index in [9.17, 15) is 4.79 Å². The first-order valence-corrected chi connectivity index (χ1v) is 5.13. The third-order valence-corrected chi connectivity index (χ3v) is 2.41. The van der Waals surface area contributed by atoms with E-state index in [-0.39, 0.29) is 0 Å². The standard InChI is InChI=1S/C12H14N2O/c1-8(2)5-11-10-4-3-9(7-15)6-12(10)14-13-11/h3-4,6-8H,5H2,1-2H3,(H,13,14). The van der Waals surface area contributed by atoms with Crippen molar-refractivity contribution in [2.24, 2.45) is 5.92 Å². The molecule has 0 saturated carbocycles. The van der Waals surface area contributed by atoms with E-state index in [0.717, 1.165) is 29.3 Å². The molecule has 15 heavy (non-hydrogen) atoms. The van der Waals surface area contributed by atoms with E-state index in [4.69, 9.17) is 0 Å². The third kappa shape index (κ3) is 1.91. The molecule has 0 aliphatic carbocycles. The van der Waals surface area contributed by atoms with Gasteiger partial charge in [-0.25, -0.2) is 0 Å². The van der Waals surface area contributed by atoms with Gasteiger partial charge in [0, 0.05) is 16.6 Å². The highest BCUT2D eigenvalue weighted by molar-refractivity contribution is 5.87. The molecule has 1 heterocycles. The summed E-state index contributed by atoms with van der Waals surface area (Å²) >= 11 is 0. The summed E-state index contributed by atoms with van der Waals surface area (Å²) in [5, 5.41) is 8.35. The molecule has 0 radical (unpaired) electrons. The number of aldehydes is 1. The van der Waals surface area contributed by atoms with E-state index < -0.39 is 0 Å². The van der Waals surface area contributed by atoms with Crippen LogP contribution in [0.4, 0.5) is 0 Å². The largest absolute Gasteiger partial charge is 0.298 e. The van der Waals surface area contributed by atoms with Crippen LogP contribution < -0.4 is 0 Å². The van der Waals surface area contributed by atoms with Gasteiger partial charge in [0.25, 0.3) is 0 Å². The number of nitrogens with zero attached hydrogens (tertiary/aromatic N) is 1. The predicted molar refractivity (Wildman–Crippen MR) is 60.0 cm³/mol. The van der Waals surface area contributed by atoms with Gasteiger partial charge in [0.2, 0.25) is 0 Å². The summed E-state index contributed by atoms with van der Waals surface area (Å²) in [6.45, 7) is 4.35. The Kier molecular flexibility index (Phi) is 2.54. The van der Waals surface area contributed by atoms with Crippen molar-refractivity contribution >= 4 is 17.2 Å². The van der Waals surface area contributed by atoms with Gasteiger partial charge in [-0.2, -0.15) is 5.10 Å². The highest BCUT2D eigenvalue weighted by Crippen LogP contribution is 2.19. The lowest BCUT2D eigenvalue weighted by atomic mass is 10.0. The SMILES string of the molecule is CC(C)Cc1[nH]nc2cc(C=O)ccc12. The highest BCUT2D eigenvalue weighted by Gasteiger charge is 2.07. The molecule has 0 saturated heterocycles. The van der Waals surface area contributed by atoms with Gasteiger partial charge in [-0.3, -0.25) is 9.89 Å². The first kappa shape index (κ1) is 9.90. The minimum atomic E-state index is 0.597. The summed E-state index contributed by atoms with van der Waals surface area (Å²) in [6.07, 6.45) is 1.83. The molecule has 3 heteroatoms. The summed E-state index contributed by atoms with van der Waals surface area (Å²) in [7, 11) is 0. The van der Waals surface area contributed by atoms with Crippen LogP contribution in [0.25, 0.3) is 10.9 Å². The number of rotatable bonds is 3. The van der Waals surface area contributed by atoms with E-state index in [0.29, 0.717) is 11.5 Å². The molecule has 2 rings (SSSR count). The molecule has 0 unspecified atom stereocenters. The lowest BCUT2D eigenvalue weighted by Crippen LogP contribution is -1.94.